The van der Waals surface area contributed by atoms with E-state index in [9.17, 15) is 17.8 Å². The highest BCUT2D eigenvalue weighted by molar-refractivity contribution is 7.86. The molecule has 0 spiro atoms. The molecule has 0 aromatic heterocycles. The summed E-state index contributed by atoms with van der Waals surface area (Å²) in [5.41, 5.74) is 1.34. The molecule has 1 N–H and O–H groups in total. The fraction of sp³-hybridized carbons (Fsp3) is 0.273. The number of nitrogens with zero attached hydrogens (tertiary/aromatic N) is 2. The van der Waals surface area contributed by atoms with Crippen molar-refractivity contribution in [2.45, 2.75) is 25.2 Å². The highest BCUT2D eigenvalue weighted by atomic mass is 32.2. The van der Waals surface area contributed by atoms with Gasteiger partial charge in [0.25, 0.3) is 16.0 Å². The highest BCUT2D eigenvalue weighted by Crippen LogP contribution is 2.29. The number of amides is 1. The van der Waals surface area contributed by atoms with E-state index in [0.29, 0.717) is 11.3 Å². The number of aryl methyl sites for hydroxylation is 1. The van der Waals surface area contributed by atoms with Crippen LogP contribution in [0.4, 0.5) is 5.69 Å². The van der Waals surface area contributed by atoms with Crippen molar-refractivity contribution >= 4 is 27.4 Å². The van der Waals surface area contributed by atoms with Crippen LogP contribution in [0.15, 0.2) is 28.2 Å². The van der Waals surface area contributed by atoms with Crippen LogP contribution >= 0.6 is 0 Å². The van der Waals surface area contributed by atoms with Crippen LogP contribution < -0.4 is 5.01 Å². The van der Waals surface area contributed by atoms with Crippen molar-refractivity contribution in [1.82, 2.24) is 0 Å². The molecule has 18 heavy (non-hydrogen) atoms. The maximum atomic E-state index is 11.7. The molecule has 0 bridgehead atoms. The summed E-state index contributed by atoms with van der Waals surface area (Å²) in [6.45, 7) is 3.37. The molecule has 0 aliphatic carbocycles. The largest absolute Gasteiger partial charge is 0.296 e. The molecule has 1 aliphatic rings. The molecule has 0 unspecified atom stereocenters. The first kappa shape index (κ1) is 12.7. The van der Waals surface area contributed by atoms with Crippen molar-refractivity contribution in [3.8, 4) is 0 Å². The molecule has 96 valence electrons. The van der Waals surface area contributed by atoms with Crippen molar-refractivity contribution in [1.29, 1.82) is 0 Å². The van der Waals surface area contributed by atoms with Crippen molar-refractivity contribution in [3.05, 3.63) is 23.8 Å². The van der Waals surface area contributed by atoms with Crippen LogP contribution in [0.5, 0.6) is 0 Å². The molecule has 0 saturated carbocycles. The second kappa shape index (κ2) is 4.18. The van der Waals surface area contributed by atoms with E-state index in [1.807, 2.05) is 0 Å². The Hall–Kier alpha value is -1.73. The molecule has 0 radical (unpaired) electrons. The predicted molar refractivity (Wildman–Crippen MR) is 66.2 cm³/mol. The van der Waals surface area contributed by atoms with Gasteiger partial charge in [0.15, 0.2) is 0 Å². The molecule has 0 saturated heterocycles. The fourth-order valence-corrected chi connectivity index (χ4v) is 2.50. The van der Waals surface area contributed by atoms with Crippen LogP contribution in [0, 0.1) is 6.92 Å². The van der Waals surface area contributed by atoms with Gasteiger partial charge in [-0.25, -0.2) is 0 Å². The van der Waals surface area contributed by atoms with Gasteiger partial charge >= 0.3 is 0 Å². The van der Waals surface area contributed by atoms with Gasteiger partial charge in [0.2, 0.25) is 0 Å². The lowest BCUT2D eigenvalue weighted by molar-refractivity contribution is -0.116. The summed E-state index contributed by atoms with van der Waals surface area (Å²) in [5.74, 6) is -0.318. The van der Waals surface area contributed by atoms with E-state index >= 15 is 0 Å². The smallest absolute Gasteiger partial charge is 0.282 e. The van der Waals surface area contributed by atoms with Gasteiger partial charge in [-0.2, -0.15) is 18.5 Å². The van der Waals surface area contributed by atoms with E-state index in [0.717, 1.165) is 5.01 Å². The molecule has 6 nitrogen and oxygen atoms in total. The van der Waals surface area contributed by atoms with Crippen LogP contribution in [0.2, 0.25) is 0 Å². The first-order valence-corrected chi connectivity index (χ1v) is 6.68. The number of carbonyl (C=O) groups is 1. The van der Waals surface area contributed by atoms with Gasteiger partial charge in [-0.15, -0.1) is 0 Å². The van der Waals surface area contributed by atoms with Crippen molar-refractivity contribution in [2.24, 2.45) is 5.10 Å². The van der Waals surface area contributed by atoms with Gasteiger partial charge in [-0.3, -0.25) is 9.35 Å². The fourth-order valence-electron chi connectivity index (χ4n) is 1.75. The van der Waals surface area contributed by atoms with E-state index in [2.05, 4.69) is 5.10 Å². The van der Waals surface area contributed by atoms with E-state index in [-0.39, 0.29) is 22.9 Å². The Bertz CT molecular complexity index is 649. The lowest BCUT2D eigenvalue weighted by atomic mass is 10.2. The second-order valence-electron chi connectivity index (χ2n) is 4.16. The maximum absolute atomic E-state index is 11.7. The third kappa shape index (κ3) is 2.27. The highest BCUT2D eigenvalue weighted by Gasteiger charge is 2.28. The standard InChI is InChI=1S/C11H12N2O4S/c1-7-3-4-9(10(5-7)18(15,16)17)13-11(14)6-8(2)12-13/h3-5H,6H2,1-2H3,(H,15,16,17). The summed E-state index contributed by atoms with van der Waals surface area (Å²) in [7, 11) is -4.40. The van der Waals surface area contributed by atoms with Gasteiger partial charge in [0.1, 0.15) is 4.90 Å². The van der Waals surface area contributed by atoms with E-state index in [1.54, 1.807) is 19.9 Å². The number of hydrogen-bond acceptors (Lipinski definition) is 4. The Balaban J connectivity index is 2.62. The summed E-state index contributed by atoms with van der Waals surface area (Å²) in [6, 6.07) is 4.42. The molecule has 7 heteroatoms. The molecule has 1 amide bonds. The normalized spacial score (nSPS) is 16.1. The number of carbonyl (C=O) groups excluding carboxylic acids is 1. The lowest BCUT2D eigenvalue weighted by Crippen LogP contribution is -2.22. The van der Waals surface area contributed by atoms with Crippen molar-refractivity contribution in [2.75, 3.05) is 5.01 Å². The SMILES string of the molecule is CC1=NN(c2ccc(C)cc2S(=O)(=O)O)C(=O)C1. The lowest BCUT2D eigenvalue weighted by Gasteiger charge is -2.15. The average Bonchev–Trinajstić information content (AvgIpc) is 2.56. The third-order valence-corrected chi connectivity index (χ3v) is 3.42. The zero-order valence-electron chi connectivity index (χ0n) is 9.91. The Labute approximate surface area is 105 Å². The van der Waals surface area contributed by atoms with Gasteiger partial charge in [0.05, 0.1) is 12.1 Å². The summed E-state index contributed by atoms with van der Waals surface area (Å²) in [5, 5.41) is 4.98. The van der Waals surface area contributed by atoms with Crippen LogP contribution in [-0.2, 0) is 14.9 Å². The maximum Gasteiger partial charge on any atom is 0.296 e. The summed E-state index contributed by atoms with van der Waals surface area (Å²) < 4.78 is 31.8. The first-order valence-electron chi connectivity index (χ1n) is 5.24. The zero-order valence-corrected chi connectivity index (χ0v) is 10.7. The molecular weight excluding hydrogens is 256 g/mol. The molecule has 1 aromatic carbocycles. The number of anilines is 1. The molecule has 2 rings (SSSR count). The van der Waals surface area contributed by atoms with Crippen molar-refractivity contribution in [3.63, 3.8) is 0 Å². The van der Waals surface area contributed by atoms with E-state index in [1.165, 1.54) is 12.1 Å². The average molecular weight is 268 g/mol. The number of rotatable bonds is 2. The number of hydrazone groups is 1. The van der Waals surface area contributed by atoms with E-state index < -0.39 is 10.1 Å². The third-order valence-electron chi connectivity index (χ3n) is 2.54. The van der Waals surface area contributed by atoms with Gasteiger partial charge in [-0.1, -0.05) is 6.07 Å². The molecule has 1 aliphatic heterocycles. The summed E-state index contributed by atoms with van der Waals surface area (Å²) in [6.07, 6.45) is 0.152. The van der Waals surface area contributed by atoms with Crippen LogP contribution in [-0.4, -0.2) is 24.6 Å². The van der Waals surface area contributed by atoms with Gasteiger partial charge < -0.3 is 0 Å². The molecule has 1 heterocycles. The Morgan fingerprint density at radius 1 is 1.33 bits per heavy atom. The van der Waals surface area contributed by atoms with Crippen LogP contribution in [0.3, 0.4) is 0 Å². The van der Waals surface area contributed by atoms with Gasteiger partial charge in [-0.05, 0) is 31.5 Å². The Kier molecular flexibility index (Phi) is 2.95. The monoisotopic (exact) mass is 268 g/mol. The molecule has 1 aromatic rings. The minimum Gasteiger partial charge on any atom is -0.282 e. The minimum atomic E-state index is -4.40. The Morgan fingerprint density at radius 3 is 2.50 bits per heavy atom. The first-order chi connectivity index (χ1) is 8.29. The van der Waals surface area contributed by atoms with Crippen LogP contribution in [0.25, 0.3) is 0 Å². The van der Waals surface area contributed by atoms with E-state index in [4.69, 9.17) is 0 Å². The zero-order chi connectivity index (χ0) is 13.5. The van der Waals surface area contributed by atoms with Crippen LogP contribution in [0.1, 0.15) is 18.9 Å². The Morgan fingerprint density at radius 2 is 2.00 bits per heavy atom. The van der Waals surface area contributed by atoms with Gasteiger partial charge in [0, 0.05) is 5.71 Å². The number of hydrogen-bond donors (Lipinski definition) is 1. The molecular formula is C11H12N2O4S. The minimum absolute atomic E-state index is 0.0740. The molecule has 0 atom stereocenters. The number of benzene rings is 1. The molecule has 0 fully saturated rings. The summed E-state index contributed by atoms with van der Waals surface area (Å²) in [4.78, 5) is 11.4. The summed E-state index contributed by atoms with van der Waals surface area (Å²) >= 11 is 0. The predicted octanol–water partition coefficient (Wildman–Crippen LogP) is 1.35. The topological polar surface area (TPSA) is 87.0 Å². The quantitative estimate of drug-likeness (QED) is 0.820. The second-order valence-corrected chi connectivity index (χ2v) is 5.55. The van der Waals surface area contributed by atoms with Crippen molar-refractivity contribution < 1.29 is 17.8 Å².